The predicted octanol–water partition coefficient (Wildman–Crippen LogP) is 2.63. The molecule has 1 aromatic carbocycles. The number of hydrogen-bond donors (Lipinski definition) is 1. The largest absolute Gasteiger partial charge is 0.385 e. The fourth-order valence-corrected chi connectivity index (χ4v) is 4.19. The van der Waals surface area contributed by atoms with E-state index in [4.69, 9.17) is 9.72 Å². The minimum absolute atomic E-state index is 0.332. The van der Waals surface area contributed by atoms with Crippen molar-refractivity contribution in [3.8, 4) is 0 Å². The molecule has 2 heterocycles. The van der Waals surface area contributed by atoms with Gasteiger partial charge >= 0.3 is 5.69 Å². The standard InChI is InChI=1S/C21H26N4O3/c1-28-13-7-12-24-19-17(20(26)23-21(24)27)25(14-15-8-3-2-4-9-15)18(22-19)16-10-5-6-11-16/h2-4,8-9,16H,5-7,10-14H2,1H3,(H,23,26,27). The van der Waals surface area contributed by atoms with Crippen molar-refractivity contribution >= 4 is 11.2 Å². The summed E-state index contributed by atoms with van der Waals surface area (Å²) in [6.07, 6.45) is 5.18. The highest BCUT2D eigenvalue weighted by molar-refractivity contribution is 5.71. The monoisotopic (exact) mass is 382 g/mol. The number of aromatic amines is 1. The molecule has 0 aliphatic heterocycles. The lowest BCUT2D eigenvalue weighted by Gasteiger charge is -2.13. The van der Waals surface area contributed by atoms with Gasteiger partial charge in [0, 0.05) is 32.7 Å². The Morgan fingerprint density at radius 1 is 1.14 bits per heavy atom. The smallest absolute Gasteiger partial charge is 0.330 e. The van der Waals surface area contributed by atoms with Crippen LogP contribution in [0.4, 0.5) is 0 Å². The zero-order chi connectivity index (χ0) is 19.5. The van der Waals surface area contributed by atoms with Crippen LogP contribution in [0.25, 0.3) is 11.2 Å². The molecule has 3 aromatic rings. The summed E-state index contributed by atoms with van der Waals surface area (Å²) in [5.74, 6) is 1.26. The van der Waals surface area contributed by atoms with Gasteiger partial charge in [-0.05, 0) is 24.8 Å². The topological polar surface area (TPSA) is 81.9 Å². The summed E-state index contributed by atoms with van der Waals surface area (Å²) in [7, 11) is 1.64. The van der Waals surface area contributed by atoms with Gasteiger partial charge in [0.05, 0.1) is 0 Å². The number of ether oxygens (including phenoxy) is 1. The third-order valence-corrected chi connectivity index (χ3v) is 5.55. The zero-order valence-electron chi connectivity index (χ0n) is 16.2. The summed E-state index contributed by atoms with van der Waals surface area (Å²) in [4.78, 5) is 32.6. The molecule has 148 valence electrons. The maximum atomic E-state index is 12.8. The van der Waals surface area contributed by atoms with Crippen LogP contribution in [0.2, 0.25) is 0 Å². The lowest BCUT2D eigenvalue weighted by Crippen LogP contribution is -2.31. The van der Waals surface area contributed by atoms with E-state index in [2.05, 4.69) is 4.98 Å². The maximum Gasteiger partial charge on any atom is 0.330 e. The number of nitrogens with one attached hydrogen (secondary N) is 1. The van der Waals surface area contributed by atoms with Crippen LogP contribution in [0.15, 0.2) is 39.9 Å². The quantitative estimate of drug-likeness (QED) is 0.637. The number of benzene rings is 1. The van der Waals surface area contributed by atoms with Gasteiger partial charge in [-0.3, -0.25) is 14.3 Å². The number of hydrogen-bond acceptors (Lipinski definition) is 4. The van der Waals surface area contributed by atoms with Crippen LogP contribution in [0.3, 0.4) is 0 Å². The van der Waals surface area contributed by atoms with E-state index in [1.54, 1.807) is 11.7 Å². The predicted molar refractivity (Wildman–Crippen MR) is 108 cm³/mol. The van der Waals surface area contributed by atoms with Crippen molar-refractivity contribution in [3.63, 3.8) is 0 Å². The van der Waals surface area contributed by atoms with E-state index in [-0.39, 0.29) is 5.56 Å². The summed E-state index contributed by atoms with van der Waals surface area (Å²) in [5.41, 5.74) is 1.31. The first-order valence-electron chi connectivity index (χ1n) is 9.95. The highest BCUT2D eigenvalue weighted by Gasteiger charge is 2.26. The Balaban J connectivity index is 1.88. The molecule has 0 bridgehead atoms. The Labute approximate surface area is 163 Å². The van der Waals surface area contributed by atoms with E-state index < -0.39 is 5.69 Å². The molecule has 1 fully saturated rings. The molecule has 4 rings (SSSR count). The summed E-state index contributed by atoms with van der Waals surface area (Å²) in [6, 6.07) is 10.1. The number of H-pyrrole nitrogens is 1. The molecule has 0 amide bonds. The average Bonchev–Trinajstić information content (AvgIpc) is 3.33. The first-order valence-corrected chi connectivity index (χ1v) is 9.95. The minimum Gasteiger partial charge on any atom is -0.385 e. The molecule has 1 aliphatic rings. The fraction of sp³-hybridized carbons (Fsp3) is 0.476. The second kappa shape index (κ2) is 8.14. The molecule has 7 heteroatoms. The van der Waals surface area contributed by atoms with E-state index in [0.29, 0.717) is 43.2 Å². The number of fused-ring (bicyclic) bond motifs is 1. The molecule has 0 saturated heterocycles. The summed E-state index contributed by atoms with van der Waals surface area (Å²) in [5, 5.41) is 0. The molecular formula is C21H26N4O3. The Morgan fingerprint density at radius 2 is 1.89 bits per heavy atom. The second-order valence-electron chi connectivity index (χ2n) is 7.45. The lowest BCUT2D eigenvalue weighted by atomic mass is 10.1. The Bertz CT molecular complexity index is 1060. The molecule has 0 unspecified atom stereocenters. The van der Waals surface area contributed by atoms with Crippen LogP contribution < -0.4 is 11.2 Å². The van der Waals surface area contributed by atoms with Gasteiger partial charge < -0.3 is 9.30 Å². The molecule has 2 aromatic heterocycles. The first kappa shape index (κ1) is 18.7. The van der Waals surface area contributed by atoms with Crippen molar-refractivity contribution in [2.45, 2.75) is 51.1 Å². The van der Waals surface area contributed by atoms with E-state index in [0.717, 1.165) is 24.2 Å². The normalized spacial score (nSPS) is 14.9. The van der Waals surface area contributed by atoms with Crippen molar-refractivity contribution in [1.82, 2.24) is 19.1 Å². The molecule has 0 radical (unpaired) electrons. The Hall–Kier alpha value is -2.67. The van der Waals surface area contributed by atoms with Crippen LogP contribution in [0.1, 0.15) is 49.4 Å². The van der Waals surface area contributed by atoms with Gasteiger partial charge in [-0.15, -0.1) is 0 Å². The number of rotatable bonds is 7. The SMILES string of the molecule is COCCCn1c(=O)[nH]c(=O)c2c1nc(C1CCCC1)n2Cc1ccccc1. The van der Waals surface area contributed by atoms with Gasteiger partial charge in [-0.1, -0.05) is 43.2 Å². The van der Waals surface area contributed by atoms with E-state index in [1.165, 1.54) is 12.8 Å². The number of imidazole rings is 1. The van der Waals surface area contributed by atoms with Crippen molar-refractivity contribution in [1.29, 1.82) is 0 Å². The van der Waals surface area contributed by atoms with E-state index in [9.17, 15) is 9.59 Å². The van der Waals surface area contributed by atoms with Crippen molar-refractivity contribution in [2.24, 2.45) is 0 Å². The molecular weight excluding hydrogens is 356 g/mol. The molecule has 28 heavy (non-hydrogen) atoms. The summed E-state index contributed by atoms with van der Waals surface area (Å²) >= 11 is 0. The van der Waals surface area contributed by atoms with Gasteiger partial charge in [-0.25, -0.2) is 9.78 Å². The molecule has 1 N–H and O–H groups in total. The number of aromatic nitrogens is 4. The Morgan fingerprint density at radius 3 is 2.61 bits per heavy atom. The lowest BCUT2D eigenvalue weighted by molar-refractivity contribution is 0.190. The third-order valence-electron chi connectivity index (χ3n) is 5.55. The fourth-order valence-electron chi connectivity index (χ4n) is 4.19. The molecule has 7 nitrogen and oxygen atoms in total. The van der Waals surface area contributed by atoms with Gasteiger partial charge in [0.15, 0.2) is 11.2 Å². The maximum absolute atomic E-state index is 12.8. The molecule has 0 atom stereocenters. The number of methoxy groups -OCH3 is 1. The van der Waals surface area contributed by atoms with Crippen LogP contribution in [-0.2, 0) is 17.8 Å². The van der Waals surface area contributed by atoms with Gasteiger partial charge in [0.2, 0.25) is 0 Å². The highest BCUT2D eigenvalue weighted by Crippen LogP contribution is 2.34. The van der Waals surface area contributed by atoms with Crippen molar-refractivity contribution < 1.29 is 4.74 Å². The molecule has 1 saturated carbocycles. The Kier molecular flexibility index (Phi) is 5.43. The van der Waals surface area contributed by atoms with Gasteiger partial charge in [-0.2, -0.15) is 0 Å². The van der Waals surface area contributed by atoms with E-state index in [1.807, 2.05) is 34.9 Å². The third kappa shape index (κ3) is 3.54. The highest BCUT2D eigenvalue weighted by atomic mass is 16.5. The zero-order valence-corrected chi connectivity index (χ0v) is 16.2. The molecule has 0 spiro atoms. The van der Waals surface area contributed by atoms with Gasteiger partial charge in [0.25, 0.3) is 5.56 Å². The summed E-state index contributed by atoms with van der Waals surface area (Å²) in [6.45, 7) is 1.59. The minimum atomic E-state index is -0.407. The van der Waals surface area contributed by atoms with Crippen LogP contribution in [0.5, 0.6) is 0 Å². The van der Waals surface area contributed by atoms with Crippen molar-refractivity contribution in [3.05, 3.63) is 62.6 Å². The average molecular weight is 382 g/mol. The van der Waals surface area contributed by atoms with Crippen molar-refractivity contribution in [2.75, 3.05) is 13.7 Å². The number of nitrogens with zero attached hydrogens (tertiary/aromatic N) is 3. The van der Waals surface area contributed by atoms with Crippen LogP contribution in [0, 0.1) is 0 Å². The summed E-state index contributed by atoms with van der Waals surface area (Å²) < 4.78 is 8.71. The second-order valence-corrected chi connectivity index (χ2v) is 7.45. The van der Waals surface area contributed by atoms with E-state index >= 15 is 0 Å². The number of aryl methyl sites for hydroxylation is 1. The van der Waals surface area contributed by atoms with Crippen LogP contribution >= 0.6 is 0 Å². The van der Waals surface area contributed by atoms with Gasteiger partial charge in [0.1, 0.15) is 5.82 Å². The van der Waals surface area contributed by atoms with Crippen LogP contribution in [-0.4, -0.2) is 32.8 Å². The molecule has 1 aliphatic carbocycles. The first-order chi connectivity index (χ1) is 13.7.